The number of carbonyl (C=O) groups is 2. The van der Waals surface area contributed by atoms with Crippen molar-refractivity contribution in [2.45, 2.75) is 32.1 Å². The summed E-state index contributed by atoms with van der Waals surface area (Å²) in [6.45, 7) is 0. The van der Waals surface area contributed by atoms with Gasteiger partial charge in [-0.1, -0.05) is 12.8 Å². The van der Waals surface area contributed by atoms with Crippen molar-refractivity contribution in [1.82, 2.24) is 0 Å². The van der Waals surface area contributed by atoms with Crippen LogP contribution in [0.3, 0.4) is 0 Å². The Balaban J connectivity index is 1.85. The molecule has 0 aliphatic heterocycles. The molecule has 0 saturated heterocycles. The number of nitrogens with one attached hydrogen (secondary N) is 1. The predicted octanol–water partition coefficient (Wildman–Crippen LogP) is 2.92. The lowest BCUT2D eigenvalue weighted by atomic mass is 10.0. The maximum Gasteiger partial charge on any atom is 0.335 e. The van der Waals surface area contributed by atoms with Crippen molar-refractivity contribution in [3.63, 3.8) is 0 Å². The summed E-state index contributed by atoms with van der Waals surface area (Å²) in [6, 6.07) is 2.79. The fourth-order valence-electron chi connectivity index (χ4n) is 3.75. The summed E-state index contributed by atoms with van der Waals surface area (Å²) in [4.78, 5) is 23.8. The molecule has 1 amide bonds. The highest BCUT2D eigenvalue weighted by Crippen LogP contribution is 2.63. The molecule has 0 bridgehead atoms. The van der Waals surface area contributed by atoms with Gasteiger partial charge in [0.1, 0.15) is 0 Å². The summed E-state index contributed by atoms with van der Waals surface area (Å²) in [5.74, 6) is -0.495. The molecule has 1 aromatic carbocycles. The maximum absolute atomic E-state index is 12.5. The van der Waals surface area contributed by atoms with Crippen LogP contribution in [0.5, 0.6) is 11.5 Å². The highest BCUT2D eigenvalue weighted by Gasteiger charge is 2.58. The standard InChI is InChI=1S/C17H21NO5/c1-22-13-8-10(16(20)21)7-12(14(13)23-2)18-15(19)11-9-17(11)5-3-4-6-17/h7-8,11H,3-6,9H2,1-2H3,(H,18,19)(H,20,21). The Labute approximate surface area is 134 Å². The van der Waals surface area contributed by atoms with Crippen LogP contribution in [0.25, 0.3) is 0 Å². The number of hydrogen-bond acceptors (Lipinski definition) is 4. The van der Waals surface area contributed by atoms with Crippen LogP contribution in [0, 0.1) is 11.3 Å². The summed E-state index contributed by atoms with van der Waals surface area (Å²) >= 11 is 0. The lowest BCUT2D eigenvalue weighted by Gasteiger charge is -2.15. The summed E-state index contributed by atoms with van der Waals surface area (Å²) in [7, 11) is 2.90. The molecule has 23 heavy (non-hydrogen) atoms. The molecule has 6 heteroatoms. The first-order valence-electron chi connectivity index (χ1n) is 7.81. The van der Waals surface area contributed by atoms with Gasteiger partial charge in [-0.3, -0.25) is 4.79 Å². The van der Waals surface area contributed by atoms with E-state index in [1.807, 2.05) is 0 Å². The number of carboxylic acids is 1. The van der Waals surface area contributed by atoms with Crippen LogP contribution in [-0.2, 0) is 4.79 Å². The van der Waals surface area contributed by atoms with Gasteiger partial charge in [0.25, 0.3) is 0 Å². The van der Waals surface area contributed by atoms with Gasteiger partial charge in [0.2, 0.25) is 5.91 Å². The first kappa shape index (κ1) is 15.6. The SMILES string of the molecule is COc1cc(C(=O)O)cc(NC(=O)C2CC23CCCC3)c1OC. The number of carboxylic acid groups (broad SMARTS) is 1. The second-order valence-corrected chi connectivity index (χ2v) is 6.38. The number of rotatable bonds is 5. The van der Waals surface area contributed by atoms with Crippen LogP contribution in [-0.4, -0.2) is 31.2 Å². The van der Waals surface area contributed by atoms with Crippen LogP contribution in [0.2, 0.25) is 0 Å². The van der Waals surface area contributed by atoms with Crippen molar-refractivity contribution >= 4 is 17.6 Å². The van der Waals surface area contributed by atoms with Crippen LogP contribution in [0.1, 0.15) is 42.5 Å². The number of methoxy groups -OCH3 is 2. The molecular formula is C17H21NO5. The quantitative estimate of drug-likeness (QED) is 0.871. The highest BCUT2D eigenvalue weighted by molar-refractivity contribution is 5.99. The molecular weight excluding hydrogens is 298 g/mol. The molecule has 2 aliphatic carbocycles. The molecule has 2 aliphatic rings. The van der Waals surface area contributed by atoms with Crippen molar-refractivity contribution in [1.29, 1.82) is 0 Å². The van der Waals surface area contributed by atoms with E-state index in [1.165, 1.54) is 39.2 Å². The number of benzene rings is 1. The predicted molar refractivity (Wildman–Crippen MR) is 84.1 cm³/mol. The van der Waals surface area contributed by atoms with Crippen LogP contribution in [0.4, 0.5) is 5.69 Å². The Morgan fingerprint density at radius 2 is 1.91 bits per heavy atom. The molecule has 2 saturated carbocycles. The molecule has 124 valence electrons. The Morgan fingerprint density at radius 1 is 1.22 bits per heavy atom. The number of anilines is 1. The maximum atomic E-state index is 12.5. The smallest absolute Gasteiger partial charge is 0.335 e. The van der Waals surface area contributed by atoms with Crippen molar-refractivity contribution < 1.29 is 24.2 Å². The third-order valence-corrected chi connectivity index (χ3v) is 5.09. The van der Waals surface area contributed by atoms with Gasteiger partial charge in [0.05, 0.1) is 25.5 Å². The van der Waals surface area contributed by atoms with E-state index in [2.05, 4.69) is 5.32 Å². The summed E-state index contributed by atoms with van der Waals surface area (Å²) < 4.78 is 10.5. The molecule has 0 aromatic heterocycles. The molecule has 1 atom stereocenters. The van der Waals surface area contributed by atoms with Gasteiger partial charge >= 0.3 is 5.97 Å². The Bertz CT molecular complexity index is 649. The molecule has 2 fully saturated rings. The largest absolute Gasteiger partial charge is 0.493 e. The summed E-state index contributed by atoms with van der Waals surface area (Å²) in [5, 5.41) is 12.0. The van der Waals surface area contributed by atoms with Crippen LogP contribution in [0.15, 0.2) is 12.1 Å². The van der Waals surface area contributed by atoms with Gasteiger partial charge in [-0.25, -0.2) is 4.79 Å². The van der Waals surface area contributed by atoms with Gasteiger partial charge < -0.3 is 19.9 Å². The first-order valence-corrected chi connectivity index (χ1v) is 7.81. The van der Waals surface area contributed by atoms with Gasteiger partial charge in [-0.2, -0.15) is 0 Å². The van der Waals surface area contributed by atoms with E-state index < -0.39 is 5.97 Å². The molecule has 1 aromatic rings. The van der Waals surface area contributed by atoms with Gasteiger partial charge in [-0.15, -0.1) is 0 Å². The highest BCUT2D eigenvalue weighted by atomic mass is 16.5. The minimum Gasteiger partial charge on any atom is -0.493 e. The number of amides is 1. The van der Waals surface area contributed by atoms with E-state index in [9.17, 15) is 14.7 Å². The van der Waals surface area contributed by atoms with Crippen molar-refractivity contribution in [3.05, 3.63) is 17.7 Å². The van der Waals surface area contributed by atoms with E-state index in [0.717, 1.165) is 19.3 Å². The Kier molecular flexibility index (Phi) is 3.92. The van der Waals surface area contributed by atoms with Crippen molar-refractivity contribution in [2.24, 2.45) is 11.3 Å². The molecule has 2 N–H and O–H groups in total. The second kappa shape index (κ2) is 5.76. The average molecular weight is 319 g/mol. The van der Waals surface area contributed by atoms with Gasteiger partial charge in [-0.05, 0) is 36.8 Å². The Morgan fingerprint density at radius 3 is 2.48 bits per heavy atom. The van der Waals surface area contributed by atoms with E-state index in [1.54, 1.807) is 0 Å². The lowest BCUT2D eigenvalue weighted by molar-refractivity contribution is -0.118. The summed E-state index contributed by atoms with van der Waals surface area (Å²) in [6.07, 6.45) is 5.53. The fourth-order valence-corrected chi connectivity index (χ4v) is 3.75. The fraction of sp³-hybridized carbons (Fsp3) is 0.529. The summed E-state index contributed by atoms with van der Waals surface area (Å²) in [5.41, 5.74) is 0.574. The number of ether oxygens (including phenoxy) is 2. The molecule has 3 rings (SSSR count). The zero-order valence-corrected chi connectivity index (χ0v) is 13.3. The molecule has 6 nitrogen and oxygen atoms in total. The zero-order chi connectivity index (χ0) is 16.6. The van der Waals surface area contributed by atoms with E-state index in [0.29, 0.717) is 11.4 Å². The Hall–Kier alpha value is -2.24. The van der Waals surface area contributed by atoms with E-state index in [4.69, 9.17) is 9.47 Å². The lowest BCUT2D eigenvalue weighted by Crippen LogP contribution is -2.18. The number of hydrogen-bond donors (Lipinski definition) is 2. The van der Waals surface area contributed by atoms with Gasteiger partial charge in [0, 0.05) is 5.92 Å². The minimum absolute atomic E-state index is 0.0224. The monoisotopic (exact) mass is 319 g/mol. The minimum atomic E-state index is -1.08. The normalized spacial score (nSPS) is 21.0. The second-order valence-electron chi connectivity index (χ2n) is 6.38. The third-order valence-electron chi connectivity index (χ3n) is 5.09. The van der Waals surface area contributed by atoms with Crippen molar-refractivity contribution in [3.8, 4) is 11.5 Å². The number of aromatic carboxylic acids is 1. The van der Waals surface area contributed by atoms with Gasteiger partial charge in [0.15, 0.2) is 11.5 Å². The van der Waals surface area contributed by atoms with E-state index in [-0.39, 0.29) is 28.6 Å². The average Bonchev–Trinajstić information content (AvgIpc) is 3.03. The van der Waals surface area contributed by atoms with Crippen LogP contribution < -0.4 is 14.8 Å². The topological polar surface area (TPSA) is 84.9 Å². The van der Waals surface area contributed by atoms with Crippen LogP contribution >= 0.6 is 0 Å². The molecule has 1 unspecified atom stereocenters. The molecule has 1 spiro atoms. The zero-order valence-electron chi connectivity index (χ0n) is 13.3. The molecule has 0 heterocycles. The molecule has 0 radical (unpaired) electrons. The third kappa shape index (κ3) is 2.73. The first-order chi connectivity index (χ1) is 11.0. The van der Waals surface area contributed by atoms with E-state index >= 15 is 0 Å². The number of carbonyl (C=O) groups excluding carboxylic acids is 1. The van der Waals surface area contributed by atoms with Crippen molar-refractivity contribution in [2.75, 3.05) is 19.5 Å².